The van der Waals surface area contributed by atoms with Gasteiger partial charge >= 0.3 is 0 Å². The molecular formula is C14H11N5O2. The first-order valence-corrected chi connectivity index (χ1v) is 6.37. The van der Waals surface area contributed by atoms with Gasteiger partial charge in [-0.3, -0.25) is 4.40 Å². The van der Waals surface area contributed by atoms with Crippen molar-refractivity contribution in [3.05, 3.63) is 36.3 Å². The maximum absolute atomic E-state index is 5.75. The predicted molar refractivity (Wildman–Crippen MR) is 75.1 cm³/mol. The van der Waals surface area contributed by atoms with E-state index in [1.807, 2.05) is 31.2 Å². The van der Waals surface area contributed by atoms with Crippen molar-refractivity contribution in [3.63, 3.8) is 0 Å². The lowest BCUT2D eigenvalue weighted by Crippen LogP contribution is -1.94. The van der Waals surface area contributed by atoms with Crippen molar-refractivity contribution < 1.29 is 9.15 Å². The van der Waals surface area contributed by atoms with Crippen molar-refractivity contribution in [3.8, 4) is 17.2 Å². The van der Waals surface area contributed by atoms with Gasteiger partial charge in [-0.15, -0.1) is 10.2 Å². The van der Waals surface area contributed by atoms with Crippen molar-refractivity contribution in [2.24, 2.45) is 0 Å². The van der Waals surface area contributed by atoms with Crippen LogP contribution in [0.1, 0.15) is 5.69 Å². The Balaban J connectivity index is 1.95. The molecule has 104 valence electrons. The van der Waals surface area contributed by atoms with Gasteiger partial charge in [-0.05, 0) is 25.1 Å². The lowest BCUT2D eigenvalue weighted by Gasteiger charge is -2.00. The molecule has 0 bridgehead atoms. The number of aryl methyl sites for hydroxylation is 1. The van der Waals surface area contributed by atoms with Crippen LogP contribution >= 0.6 is 0 Å². The molecule has 3 aromatic heterocycles. The van der Waals surface area contributed by atoms with Crippen LogP contribution in [0.2, 0.25) is 0 Å². The molecule has 3 heterocycles. The fourth-order valence-electron chi connectivity index (χ4n) is 2.25. The summed E-state index contributed by atoms with van der Waals surface area (Å²) in [5.41, 5.74) is 2.87. The van der Waals surface area contributed by atoms with Crippen molar-refractivity contribution in [2.45, 2.75) is 6.92 Å². The number of oxazole rings is 1. The first-order valence-electron chi connectivity index (χ1n) is 6.37. The van der Waals surface area contributed by atoms with Crippen LogP contribution in [0.25, 0.3) is 28.5 Å². The molecule has 0 N–H and O–H groups in total. The highest BCUT2D eigenvalue weighted by molar-refractivity contribution is 5.76. The Morgan fingerprint density at radius 1 is 1.24 bits per heavy atom. The minimum atomic E-state index is 0.450. The molecule has 0 atom stereocenters. The summed E-state index contributed by atoms with van der Waals surface area (Å²) in [5.74, 6) is 1.74. The Hall–Kier alpha value is -2.96. The van der Waals surface area contributed by atoms with Crippen LogP contribution in [-0.2, 0) is 0 Å². The van der Waals surface area contributed by atoms with Gasteiger partial charge in [-0.25, -0.2) is 4.98 Å². The number of benzene rings is 1. The van der Waals surface area contributed by atoms with Crippen LogP contribution in [-0.4, -0.2) is 31.7 Å². The van der Waals surface area contributed by atoms with Crippen LogP contribution in [0.15, 0.2) is 35.0 Å². The minimum absolute atomic E-state index is 0.450. The summed E-state index contributed by atoms with van der Waals surface area (Å²) in [6.45, 7) is 1.93. The Kier molecular flexibility index (Phi) is 2.41. The molecule has 0 saturated heterocycles. The number of methoxy groups -OCH3 is 1. The molecule has 0 radical (unpaired) electrons. The molecule has 7 nitrogen and oxygen atoms in total. The highest BCUT2D eigenvalue weighted by Gasteiger charge is 2.15. The summed E-state index contributed by atoms with van der Waals surface area (Å²) >= 11 is 0. The number of hydrogen-bond acceptors (Lipinski definition) is 6. The van der Waals surface area contributed by atoms with Gasteiger partial charge in [-0.2, -0.15) is 4.98 Å². The fraction of sp³-hybridized carbons (Fsp3) is 0.143. The number of fused-ring (bicyclic) bond motifs is 2. The molecule has 0 spiro atoms. The second-order valence-corrected chi connectivity index (χ2v) is 4.60. The van der Waals surface area contributed by atoms with Crippen LogP contribution in [0.4, 0.5) is 0 Å². The zero-order valence-electron chi connectivity index (χ0n) is 11.4. The number of nitrogens with zero attached hydrogens (tertiary/aromatic N) is 5. The van der Waals surface area contributed by atoms with Gasteiger partial charge < -0.3 is 9.15 Å². The maximum Gasteiger partial charge on any atom is 0.258 e. The van der Waals surface area contributed by atoms with Gasteiger partial charge in [0.25, 0.3) is 11.5 Å². The van der Waals surface area contributed by atoms with E-state index >= 15 is 0 Å². The molecule has 0 saturated carbocycles. The summed E-state index contributed by atoms with van der Waals surface area (Å²) in [6, 6.07) is 7.54. The predicted octanol–water partition coefficient (Wildman–Crippen LogP) is 2.25. The molecule has 0 amide bonds. The van der Waals surface area contributed by atoms with Crippen molar-refractivity contribution in [2.75, 3.05) is 7.11 Å². The van der Waals surface area contributed by atoms with Gasteiger partial charge in [0, 0.05) is 5.56 Å². The SMILES string of the molecule is COc1cccc(-c2nc3c(C)n4cnnc4nc3o2)c1. The van der Waals surface area contributed by atoms with E-state index in [4.69, 9.17) is 9.15 Å². The molecule has 7 heteroatoms. The minimum Gasteiger partial charge on any atom is -0.497 e. The Bertz CT molecular complexity index is 956. The van der Waals surface area contributed by atoms with E-state index in [1.54, 1.807) is 17.8 Å². The molecule has 0 aliphatic heterocycles. The van der Waals surface area contributed by atoms with E-state index in [1.165, 1.54) is 0 Å². The van der Waals surface area contributed by atoms with E-state index in [0.717, 1.165) is 17.0 Å². The first kappa shape index (κ1) is 11.8. The highest BCUT2D eigenvalue weighted by Crippen LogP contribution is 2.27. The molecule has 0 fully saturated rings. The van der Waals surface area contributed by atoms with Crippen molar-refractivity contribution >= 4 is 17.0 Å². The van der Waals surface area contributed by atoms with E-state index in [2.05, 4.69) is 20.2 Å². The number of aromatic nitrogens is 5. The van der Waals surface area contributed by atoms with E-state index in [0.29, 0.717) is 22.9 Å². The summed E-state index contributed by atoms with van der Waals surface area (Å²) in [5, 5.41) is 7.77. The monoisotopic (exact) mass is 281 g/mol. The van der Waals surface area contributed by atoms with Gasteiger partial charge in [-0.1, -0.05) is 6.07 Å². The zero-order valence-corrected chi connectivity index (χ0v) is 11.4. The lowest BCUT2D eigenvalue weighted by molar-refractivity contribution is 0.415. The third kappa shape index (κ3) is 1.74. The standard InChI is InChI=1S/C14H11N5O2/c1-8-11-13(17-14-18-15-7-19(8)14)21-12(16-11)9-4-3-5-10(6-9)20-2/h3-7H,1-2H3. The van der Waals surface area contributed by atoms with Gasteiger partial charge in [0.05, 0.1) is 12.8 Å². The van der Waals surface area contributed by atoms with Crippen LogP contribution in [0, 0.1) is 6.92 Å². The Morgan fingerprint density at radius 3 is 3.00 bits per heavy atom. The Labute approximate surface area is 119 Å². The average molecular weight is 281 g/mol. The molecule has 0 aliphatic rings. The smallest absolute Gasteiger partial charge is 0.258 e. The normalized spacial score (nSPS) is 11.3. The lowest BCUT2D eigenvalue weighted by atomic mass is 10.2. The molecule has 0 aliphatic carbocycles. The molecular weight excluding hydrogens is 270 g/mol. The van der Waals surface area contributed by atoms with Crippen LogP contribution in [0.5, 0.6) is 5.75 Å². The number of ether oxygens (including phenoxy) is 1. The van der Waals surface area contributed by atoms with Crippen LogP contribution < -0.4 is 4.74 Å². The highest BCUT2D eigenvalue weighted by atomic mass is 16.5. The third-order valence-corrected chi connectivity index (χ3v) is 3.36. The zero-order chi connectivity index (χ0) is 14.4. The van der Waals surface area contributed by atoms with Crippen molar-refractivity contribution in [1.29, 1.82) is 0 Å². The second kappa shape index (κ2) is 4.27. The average Bonchev–Trinajstić information content (AvgIpc) is 3.14. The first-order chi connectivity index (χ1) is 10.3. The van der Waals surface area contributed by atoms with E-state index in [-0.39, 0.29) is 0 Å². The Morgan fingerprint density at radius 2 is 2.14 bits per heavy atom. The third-order valence-electron chi connectivity index (χ3n) is 3.36. The number of rotatable bonds is 2. The summed E-state index contributed by atoms with van der Waals surface area (Å²) in [4.78, 5) is 8.84. The van der Waals surface area contributed by atoms with Crippen molar-refractivity contribution in [1.82, 2.24) is 24.6 Å². The van der Waals surface area contributed by atoms with Gasteiger partial charge in [0.15, 0.2) is 0 Å². The van der Waals surface area contributed by atoms with E-state index in [9.17, 15) is 0 Å². The quantitative estimate of drug-likeness (QED) is 0.560. The van der Waals surface area contributed by atoms with Gasteiger partial charge in [0.1, 0.15) is 17.6 Å². The molecule has 21 heavy (non-hydrogen) atoms. The summed E-state index contributed by atoms with van der Waals surface area (Å²) < 4.78 is 12.7. The van der Waals surface area contributed by atoms with Gasteiger partial charge in [0.2, 0.25) is 5.89 Å². The fourth-order valence-corrected chi connectivity index (χ4v) is 2.25. The largest absolute Gasteiger partial charge is 0.497 e. The van der Waals surface area contributed by atoms with Crippen LogP contribution in [0.3, 0.4) is 0 Å². The number of hydrogen-bond donors (Lipinski definition) is 0. The second-order valence-electron chi connectivity index (χ2n) is 4.60. The van der Waals surface area contributed by atoms with E-state index < -0.39 is 0 Å². The maximum atomic E-state index is 5.75. The molecule has 4 rings (SSSR count). The molecule has 4 aromatic rings. The molecule has 1 aromatic carbocycles. The summed E-state index contributed by atoms with van der Waals surface area (Å²) in [7, 11) is 1.62. The molecule has 0 unspecified atom stereocenters. The summed E-state index contributed by atoms with van der Waals surface area (Å²) in [6.07, 6.45) is 1.61. The topological polar surface area (TPSA) is 78.3 Å².